The first-order valence-electron chi connectivity index (χ1n) is 7.17. The lowest BCUT2D eigenvalue weighted by Crippen LogP contribution is -2.44. The highest BCUT2D eigenvalue weighted by Gasteiger charge is 2.27. The lowest BCUT2D eigenvalue weighted by atomic mass is 10.1. The number of hydrogen-bond acceptors (Lipinski definition) is 2. The van der Waals surface area contributed by atoms with Crippen molar-refractivity contribution < 1.29 is 5.11 Å². The summed E-state index contributed by atoms with van der Waals surface area (Å²) in [5, 5.41) is 10.6. The Morgan fingerprint density at radius 2 is 1.25 bits per heavy atom. The molecule has 0 saturated carbocycles. The summed E-state index contributed by atoms with van der Waals surface area (Å²) in [6.07, 6.45) is 0.701. The quantitative estimate of drug-likeness (QED) is 0.806. The zero-order chi connectivity index (χ0) is 14.4. The molecule has 1 unspecified atom stereocenters. The molecule has 2 heteroatoms. The normalized spacial score (nSPS) is 14.2. The van der Waals surface area contributed by atoms with Crippen LogP contribution in [0.5, 0.6) is 0 Å². The van der Waals surface area contributed by atoms with Crippen molar-refractivity contribution >= 4 is 0 Å². The fourth-order valence-corrected chi connectivity index (χ4v) is 2.23. The number of hydrogen-bond donors (Lipinski definition) is 1. The Hall–Kier alpha value is -1.64. The van der Waals surface area contributed by atoms with Gasteiger partial charge in [-0.1, -0.05) is 67.6 Å². The minimum atomic E-state index is -0.800. The van der Waals surface area contributed by atoms with Crippen LogP contribution < -0.4 is 0 Å². The van der Waals surface area contributed by atoms with Crippen molar-refractivity contribution in [2.45, 2.75) is 39.1 Å². The van der Waals surface area contributed by atoms with E-state index in [0.717, 1.165) is 13.1 Å². The van der Waals surface area contributed by atoms with Crippen molar-refractivity contribution in [3.8, 4) is 0 Å². The van der Waals surface area contributed by atoms with Crippen molar-refractivity contribution in [1.82, 2.24) is 4.90 Å². The maximum atomic E-state index is 10.6. The largest absolute Gasteiger partial charge is 0.376 e. The number of benzene rings is 2. The summed E-state index contributed by atoms with van der Waals surface area (Å²) in [6, 6.07) is 20.6. The highest BCUT2D eigenvalue weighted by Crippen LogP contribution is 2.21. The molecule has 20 heavy (non-hydrogen) atoms. The van der Waals surface area contributed by atoms with Crippen LogP contribution in [0.25, 0.3) is 0 Å². The zero-order valence-corrected chi connectivity index (χ0v) is 12.3. The molecule has 0 saturated heterocycles. The molecule has 2 aromatic rings. The lowest BCUT2D eigenvalue weighted by molar-refractivity contribution is -0.107. The van der Waals surface area contributed by atoms with Crippen molar-refractivity contribution in [3.63, 3.8) is 0 Å². The van der Waals surface area contributed by atoms with E-state index in [-0.39, 0.29) is 0 Å². The molecular formula is C18H23NO. The van der Waals surface area contributed by atoms with E-state index in [4.69, 9.17) is 0 Å². The van der Waals surface area contributed by atoms with Crippen LogP contribution in [-0.4, -0.2) is 15.7 Å². The third kappa shape index (κ3) is 3.92. The predicted octanol–water partition coefficient (Wildman–Crippen LogP) is 3.81. The lowest BCUT2D eigenvalue weighted by Gasteiger charge is -2.36. The van der Waals surface area contributed by atoms with Gasteiger partial charge in [0.2, 0.25) is 0 Å². The minimum Gasteiger partial charge on any atom is -0.376 e. The van der Waals surface area contributed by atoms with Gasteiger partial charge in [-0.3, -0.25) is 4.90 Å². The molecule has 0 aliphatic rings. The van der Waals surface area contributed by atoms with E-state index < -0.39 is 5.72 Å². The van der Waals surface area contributed by atoms with Crippen LogP contribution >= 0.6 is 0 Å². The first kappa shape index (κ1) is 14.8. The third-order valence-electron chi connectivity index (χ3n) is 3.78. The topological polar surface area (TPSA) is 23.5 Å². The molecule has 0 aliphatic carbocycles. The Bertz CT molecular complexity index is 466. The summed E-state index contributed by atoms with van der Waals surface area (Å²) < 4.78 is 0. The second kappa shape index (κ2) is 6.69. The molecule has 1 N–H and O–H groups in total. The Labute approximate surface area is 121 Å². The van der Waals surface area contributed by atoms with E-state index in [9.17, 15) is 5.11 Å². The average Bonchev–Trinajstić information content (AvgIpc) is 2.49. The molecule has 0 aliphatic heterocycles. The van der Waals surface area contributed by atoms with Gasteiger partial charge >= 0.3 is 0 Å². The fourth-order valence-electron chi connectivity index (χ4n) is 2.23. The van der Waals surface area contributed by atoms with E-state index in [0.29, 0.717) is 6.42 Å². The maximum Gasteiger partial charge on any atom is 0.115 e. The standard InChI is InChI=1S/C18H23NO/c1-3-18(2,20)19(14-16-10-6-4-7-11-16)15-17-12-8-5-9-13-17/h4-13,20H,3,14-15H2,1-2H3. The van der Waals surface area contributed by atoms with Crippen molar-refractivity contribution in [2.24, 2.45) is 0 Å². The molecule has 2 rings (SSSR count). The van der Waals surface area contributed by atoms with E-state index >= 15 is 0 Å². The molecule has 0 spiro atoms. The van der Waals surface area contributed by atoms with E-state index in [1.165, 1.54) is 11.1 Å². The van der Waals surface area contributed by atoms with Crippen LogP contribution in [0.4, 0.5) is 0 Å². The maximum absolute atomic E-state index is 10.6. The summed E-state index contributed by atoms with van der Waals surface area (Å²) in [6.45, 7) is 5.40. The van der Waals surface area contributed by atoms with Crippen molar-refractivity contribution in [2.75, 3.05) is 0 Å². The molecule has 2 aromatic carbocycles. The first-order chi connectivity index (χ1) is 9.62. The van der Waals surface area contributed by atoms with Crippen LogP contribution in [0.1, 0.15) is 31.4 Å². The van der Waals surface area contributed by atoms with Crippen LogP contribution in [0.2, 0.25) is 0 Å². The summed E-state index contributed by atoms with van der Waals surface area (Å²) in [5.74, 6) is 0. The van der Waals surface area contributed by atoms with Crippen molar-refractivity contribution in [3.05, 3.63) is 71.8 Å². The second-order valence-corrected chi connectivity index (χ2v) is 5.40. The fraction of sp³-hybridized carbons (Fsp3) is 0.333. The zero-order valence-electron chi connectivity index (χ0n) is 12.3. The van der Waals surface area contributed by atoms with E-state index in [1.54, 1.807) is 0 Å². The van der Waals surface area contributed by atoms with Gasteiger partial charge in [0.15, 0.2) is 0 Å². The third-order valence-corrected chi connectivity index (χ3v) is 3.78. The van der Waals surface area contributed by atoms with Gasteiger partial charge in [0.05, 0.1) is 0 Å². The Morgan fingerprint density at radius 1 is 0.850 bits per heavy atom. The van der Waals surface area contributed by atoms with Gasteiger partial charge in [0.1, 0.15) is 5.72 Å². The van der Waals surface area contributed by atoms with Gasteiger partial charge in [-0.15, -0.1) is 0 Å². The highest BCUT2D eigenvalue weighted by molar-refractivity contribution is 5.17. The van der Waals surface area contributed by atoms with Gasteiger partial charge in [-0.25, -0.2) is 0 Å². The monoisotopic (exact) mass is 269 g/mol. The first-order valence-corrected chi connectivity index (χ1v) is 7.17. The summed E-state index contributed by atoms with van der Waals surface area (Å²) in [7, 11) is 0. The number of rotatable bonds is 6. The van der Waals surface area contributed by atoms with E-state index in [2.05, 4.69) is 29.2 Å². The Morgan fingerprint density at radius 3 is 1.60 bits per heavy atom. The van der Waals surface area contributed by atoms with Crippen molar-refractivity contribution in [1.29, 1.82) is 0 Å². The molecule has 0 heterocycles. The van der Waals surface area contributed by atoms with Gasteiger partial charge < -0.3 is 5.11 Å². The number of nitrogens with zero attached hydrogens (tertiary/aromatic N) is 1. The second-order valence-electron chi connectivity index (χ2n) is 5.40. The van der Waals surface area contributed by atoms with Gasteiger partial charge in [-0.2, -0.15) is 0 Å². The molecule has 1 atom stereocenters. The highest BCUT2D eigenvalue weighted by atomic mass is 16.3. The molecular weight excluding hydrogens is 246 g/mol. The van der Waals surface area contributed by atoms with Crippen LogP contribution in [0.15, 0.2) is 60.7 Å². The molecule has 0 bridgehead atoms. The number of aliphatic hydroxyl groups is 1. The Kier molecular flexibility index (Phi) is 4.94. The summed E-state index contributed by atoms with van der Waals surface area (Å²) in [5.41, 5.74) is 1.64. The van der Waals surface area contributed by atoms with Gasteiger partial charge in [0.25, 0.3) is 0 Å². The molecule has 0 aromatic heterocycles. The average molecular weight is 269 g/mol. The summed E-state index contributed by atoms with van der Waals surface area (Å²) >= 11 is 0. The predicted molar refractivity (Wildman–Crippen MR) is 83.0 cm³/mol. The molecule has 0 fully saturated rings. The minimum absolute atomic E-state index is 0.701. The molecule has 0 amide bonds. The SMILES string of the molecule is CCC(C)(O)N(Cc1ccccc1)Cc1ccccc1. The van der Waals surface area contributed by atoms with Crippen LogP contribution in [-0.2, 0) is 13.1 Å². The van der Waals surface area contributed by atoms with Crippen LogP contribution in [0, 0.1) is 0 Å². The molecule has 106 valence electrons. The Balaban J connectivity index is 2.17. The molecule has 0 radical (unpaired) electrons. The summed E-state index contributed by atoms with van der Waals surface area (Å²) in [4.78, 5) is 2.12. The van der Waals surface area contributed by atoms with Crippen LogP contribution in [0.3, 0.4) is 0 Å². The smallest absolute Gasteiger partial charge is 0.115 e. The van der Waals surface area contributed by atoms with Gasteiger partial charge in [-0.05, 0) is 24.5 Å². The van der Waals surface area contributed by atoms with Gasteiger partial charge in [0, 0.05) is 13.1 Å². The molecule has 2 nitrogen and oxygen atoms in total. The van der Waals surface area contributed by atoms with E-state index in [1.807, 2.05) is 50.2 Å².